The molecule has 0 N–H and O–H groups in total. The molecule has 0 bridgehead atoms. The van der Waals surface area contributed by atoms with Crippen LogP contribution in [0, 0.1) is 0 Å². The molecule has 0 saturated carbocycles. The van der Waals surface area contributed by atoms with Crippen molar-refractivity contribution in [1.29, 1.82) is 0 Å². The van der Waals surface area contributed by atoms with Crippen molar-refractivity contribution in [3.05, 3.63) is 234 Å². The number of hydrogen-bond donors (Lipinski definition) is 0. The van der Waals surface area contributed by atoms with Crippen molar-refractivity contribution in [2.45, 2.75) is 11.8 Å². The second-order valence-corrected chi connectivity index (χ2v) is 14.7. The van der Waals surface area contributed by atoms with Gasteiger partial charge in [0.1, 0.15) is 5.82 Å². The van der Waals surface area contributed by atoms with Crippen LogP contribution in [0.4, 0.5) is 0 Å². The fraction of sp³-hybridized carbons (Fsp3) is 0.0377. The van der Waals surface area contributed by atoms with Crippen LogP contribution in [0.3, 0.4) is 0 Å². The summed E-state index contributed by atoms with van der Waals surface area (Å²) in [6.07, 6.45) is 0. The van der Waals surface area contributed by atoms with Gasteiger partial charge >= 0.3 is 0 Å². The van der Waals surface area contributed by atoms with Crippen LogP contribution < -0.4 is 0 Å². The van der Waals surface area contributed by atoms with Crippen LogP contribution in [0.15, 0.2) is 200 Å². The molecule has 0 amide bonds. The van der Waals surface area contributed by atoms with E-state index in [1.807, 2.05) is 0 Å². The van der Waals surface area contributed by atoms with Crippen molar-refractivity contribution in [2.24, 2.45) is 0 Å². The Morgan fingerprint density at radius 2 is 0.696 bits per heavy atom. The topological polar surface area (TPSA) is 38.7 Å². The lowest BCUT2D eigenvalue weighted by atomic mass is 9.83. The average molecular weight is 714 g/mol. The van der Waals surface area contributed by atoms with Crippen LogP contribution in [-0.4, -0.2) is 15.0 Å². The monoisotopic (exact) mass is 713 g/mol. The lowest BCUT2D eigenvalue weighted by Gasteiger charge is -2.23. The molecule has 56 heavy (non-hydrogen) atoms. The van der Waals surface area contributed by atoms with E-state index in [4.69, 9.17) is 15.0 Å². The number of hydrogen-bond acceptors (Lipinski definition) is 3. The predicted octanol–water partition coefficient (Wildman–Crippen LogP) is 12.9. The number of nitrogens with zero attached hydrogens (tertiary/aromatic N) is 3. The molecular weight excluding hydrogens is 679 g/mol. The Bertz CT molecular complexity index is 2590. The van der Waals surface area contributed by atoms with Gasteiger partial charge in [0.2, 0.25) is 0 Å². The third-order valence-electron chi connectivity index (χ3n) is 11.4. The summed E-state index contributed by atoms with van der Waals surface area (Å²) in [7, 11) is 0. The first-order valence-corrected chi connectivity index (χ1v) is 19.3. The highest BCUT2D eigenvalue weighted by Gasteiger charge is 2.41. The number of aromatic nitrogens is 3. The van der Waals surface area contributed by atoms with Gasteiger partial charge < -0.3 is 0 Å². The molecule has 262 valence electrons. The van der Waals surface area contributed by atoms with Gasteiger partial charge in [-0.2, -0.15) is 0 Å². The van der Waals surface area contributed by atoms with Gasteiger partial charge in [-0.1, -0.05) is 182 Å². The minimum absolute atomic E-state index is 0.106. The Hall–Kier alpha value is -7.23. The van der Waals surface area contributed by atoms with Crippen LogP contribution in [0.1, 0.15) is 45.6 Å². The van der Waals surface area contributed by atoms with E-state index in [0.717, 1.165) is 50.9 Å². The average Bonchev–Trinajstić information content (AvgIpc) is 3.81. The number of pyridine rings is 1. The van der Waals surface area contributed by atoms with E-state index in [1.54, 1.807) is 0 Å². The fourth-order valence-corrected chi connectivity index (χ4v) is 8.96. The Morgan fingerprint density at radius 3 is 1.21 bits per heavy atom. The van der Waals surface area contributed by atoms with Gasteiger partial charge in [0.05, 0.1) is 34.6 Å². The minimum Gasteiger partial charge on any atom is -0.252 e. The number of rotatable bonds is 6. The maximum absolute atomic E-state index is 5.56. The maximum Gasteiger partial charge on any atom is 0.141 e. The molecule has 0 saturated heterocycles. The summed E-state index contributed by atoms with van der Waals surface area (Å²) in [4.78, 5) is 16.5. The van der Waals surface area contributed by atoms with E-state index in [2.05, 4.69) is 200 Å². The predicted molar refractivity (Wildman–Crippen MR) is 227 cm³/mol. The van der Waals surface area contributed by atoms with E-state index in [0.29, 0.717) is 0 Å². The van der Waals surface area contributed by atoms with Gasteiger partial charge in [-0.25, -0.2) is 9.97 Å². The summed E-state index contributed by atoms with van der Waals surface area (Å²) in [5.41, 5.74) is 19.4. The first-order chi connectivity index (χ1) is 27.8. The largest absolute Gasteiger partial charge is 0.252 e. The molecule has 3 nitrogen and oxygen atoms in total. The van der Waals surface area contributed by atoms with Gasteiger partial charge in [-0.3, -0.25) is 4.98 Å². The van der Waals surface area contributed by atoms with Crippen molar-refractivity contribution >= 4 is 0 Å². The quantitative estimate of drug-likeness (QED) is 0.172. The molecule has 11 rings (SSSR count). The van der Waals surface area contributed by atoms with E-state index < -0.39 is 0 Å². The minimum atomic E-state index is -0.190. The zero-order valence-electron chi connectivity index (χ0n) is 30.5. The van der Waals surface area contributed by atoms with E-state index in [1.165, 1.54) is 50.1 Å². The SMILES string of the molecule is c1ccc(-c2cc(-c3ccccc3)nc(C3c4ccccc4-c4ccc5c(c43)C(c3nc(-c4ccccc4)cc(-c4ccccc4)n3)c3ccccc3-5)c2)cc1. The van der Waals surface area contributed by atoms with Crippen LogP contribution >= 0.6 is 0 Å². The van der Waals surface area contributed by atoms with E-state index >= 15 is 0 Å². The maximum atomic E-state index is 5.56. The smallest absolute Gasteiger partial charge is 0.141 e. The zero-order valence-corrected chi connectivity index (χ0v) is 30.5. The van der Waals surface area contributed by atoms with Gasteiger partial charge in [0, 0.05) is 16.7 Å². The molecule has 2 aromatic heterocycles. The Morgan fingerprint density at radius 1 is 0.286 bits per heavy atom. The summed E-state index contributed by atoms with van der Waals surface area (Å²) < 4.78 is 0. The van der Waals surface area contributed by atoms with Gasteiger partial charge in [0.25, 0.3) is 0 Å². The normalized spacial score (nSPS) is 14.8. The fourth-order valence-electron chi connectivity index (χ4n) is 8.96. The Balaban J connectivity index is 1.19. The standard InChI is InChI=1S/C53H35N3/c1-5-17-34(18-6-1)38-31-45(35-19-7-2-8-20-35)54-48(32-38)49-41-27-15-13-25-39(41)43-29-30-44-40-26-14-16-28-42(40)52(51(44)50(43)49)53-55-46(36-21-9-3-10-22-36)33-47(56-53)37-23-11-4-12-24-37/h1-33,49,52H. The molecule has 2 heterocycles. The second-order valence-electron chi connectivity index (χ2n) is 14.7. The first-order valence-electron chi connectivity index (χ1n) is 19.3. The van der Waals surface area contributed by atoms with Gasteiger partial charge in [-0.05, 0) is 73.8 Å². The van der Waals surface area contributed by atoms with Crippen LogP contribution in [0.25, 0.3) is 67.2 Å². The lowest BCUT2D eigenvalue weighted by Crippen LogP contribution is -2.12. The Kier molecular flexibility index (Phi) is 7.63. The summed E-state index contributed by atoms with van der Waals surface area (Å²) in [6.45, 7) is 0. The molecule has 0 radical (unpaired) electrons. The van der Waals surface area contributed by atoms with Crippen molar-refractivity contribution in [3.63, 3.8) is 0 Å². The lowest BCUT2D eigenvalue weighted by molar-refractivity contribution is 0.849. The van der Waals surface area contributed by atoms with Crippen molar-refractivity contribution in [2.75, 3.05) is 0 Å². The molecule has 2 aliphatic rings. The molecule has 2 atom stereocenters. The molecule has 2 unspecified atom stereocenters. The van der Waals surface area contributed by atoms with Crippen LogP contribution in [0.5, 0.6) is 0 Å². The van der Waals surface area contributed by atoms with Crippen LogP contribution in [0.2, 0.25) is 0 Å². The second kappa shape index (κ2) is 13.3. The summed E-state index contributed by atoms with van der Waals surface area (Å²) in [6, 6.07) is 71.3. The number of benzene rings is 7. The molecule has 9 aromatic rings. The van der Waals surface area contributed by atoms with Crippen molar-refractivity contribution < 1.29 is 0 Å². The molecule has 3 heteroatoms. The first kappa shape index (κ1) is 32.2. The van der Waals surface area contributed by atoms with Gasteiger partial charge in [-0.15, -0.1) is 0 Å². The van der Waals surface area contributed by atoms with E-state index in [9.17, 15) is 0 Å². The third-order valence-corrected chi connectivity index (χ3v) is 11.4. The number of fused-ring (bicyclic) bond motifs is 7. The van der Waals surface area contributed by atoms with Crippen molar-refractivity contribution in [1.82, 2.24) is 15.0 Å². The third kappa shape index (κ3) is 5.32. The molecule has 2 aliphatic carbocycles. The highest BCUT2D eigenvalue weighted by molar-refractivity contribution is 5.91. The molecule has 7 aromatic carbocycles. The van der Waals surface area contributed by atoms with Crippen molar-refractivity contribution in [3.8, 4) is 67.2 Å². The van der Waals surface area contributed by atoms with Gasteiger partial charge in [0.15, 0.2) is 0 Å². The summed E-state index contributed by atoms with van der Waals surface area (Å²) >= 11 is 0. The molecule has 0 aliphatic heterocycles. The van der Waals surface area contributed by atoms with Crippen LogP contribution in [-0.2, 0) is 0 Å². The summed E-state index contributed by atoms with van der Waals surface area (Å²) in [5, 5.41) is 0. The molecule has 0 fully saturated rings. The summed E-state index contributed by atoms with van der Waals surface area (Å²) in [5.74, 6) is 0.505. The highest BCUT2D eigenvalue weighted by atomic mass is 14.9. The molecular formula is C53H35N3. The van der Waals surface area contributed by atoms with E-state index in [-0.39, 0.29) is 11.8 Å². The molecule has 0 spiro atoms. The Labute approximate surface area is 326 Å². The highest BCUT2D eigenvalue weighted by Crippen LogP contribution is 2.58. The zero-order chi connectivity index (χ0) is 37.0.